The Hall–Kier alpha value is -2.56. The van der Waals surface area contributed by atoms with Crippen molar-refractivity contribution in [2.45, 2.75) is 6.92 Å². The van der Waals surface area contributed by atoms with Crippen LogP contribution >= 0.6 is 0 Å². The third-order valence-electron chi connectivity index (χ3n) is 2.81. The second kappa shape index (κ2) is 5.39. The van der Waals surface area contributed by atoms with Crippen molar-refractivity contribution >= 4 is 17.1 Å². The highest BCUT2D eigenvalue weighted by Crippen LogP contribution is 2.32. The predicted octanol–water partition coefficient (Wildman–Crippen LogP) is 3.66. The first-order chi connectivity index (χ1) is 9.11. The summed E-state index contributed by atoms with van der Waals surface area (Å²) in [5.41, 5.74) is 2.28. The summed E-state index contributed by atoms with van der Waals surface area (Å²) in [7, 11) is 1.53. The van der Waals surface area contributed by atoms with Crippen LogP contribution in [0.3, 0.4) is 0 Å². The van der Waals surface area contributed by atoms with Crippen LogP contribution in [0.5, 0.6) is 5.75 Å². The summed E-state index contributed by atoms with van der Waals surface area (Å²) in [4.78, 5) is 10.6. The molecule has 5 nitrogen and oxygen atoms in total. The monoisotopic (exact) mass is 258 g/mol. The molecule has 0 aromatic heterocycles. The van der Waals surface area contributed by atoms with E-state index in [0.29, 0.717) is 11.4 Å². The zero-order valence-electron chi connectivity index (χ0n) is 10.7. The number of nitrogens with one attached hydrogen (secondary N) is 1. The second-order valence-corrected chi connectivity index (χ2v) is 4.08. The predicted molar refractivity (Wildman–Crippen MR) is 74.1 cm³/mol. The number of anilines is 2. The molecule has 19 heavy (non-hydrogen) atoms. The molecule has 0 atom stereocenters. The molecule has 0 radical (unpaired) electrons. The summed E-state index contributed by atoms with van der Waals surface area (Å²) >= 11 is 0. The molecule has 0 amide bonds. The summed E-state index contributed by atoms with van der Waals surface area (Å²) in [5, 5.41) is 14.1. The van der Waals surface area contributed by atoms with E-state index >= 15 is 0 Å². The molecule has 0 aliphatic heterocycles. The van der Waals surface area contributed by atoms with Gasteiger partial charge in [-0.25, -0.2) is 0 Å². The number of rotatable bonds is 4. The van der Waals surface area contributed by atoms with Gasteiger partial charge in [0.15, 0.2) is 0 Å². The van der Waals surface area contributed by atoms with Crippen LogP contribution in [0.25, 0.3) is 0 Å². The summed E-state index contributed by atoms with van der Waals surface area (Å²) in [5.74, 6) is 0.571. The number of para-hydroxylation sites is 1. The van der Waals surface area contributed by atoms with Crippen molar-refractivity contribution in [3.63, 3.8) is 0 Å². The van der Waals surface area contributed by atoms with Crippen LogP contribution in [0.15, 0.2) is 42.5 Å². The zero-order valence-corrected chi connectivity index (χ0v) is 10.7. The minimum absolute atomic E-state index is 0.0176. The van der Waals surface area contributed by atoms with Crippen LogP contribution < -0.4 is 10.1 Å². The van der Waals surface area contributed by atoms with E-state index in [0.717, 1.165) is 11.3 Å². The van der Waals surface area contributed by atoms with Gasteiger partial charge in [0.25, 0.3) is 5.69 Å². The molecule has 0 aliphatic carbocycles. The fourth-order valence-electron chi connectivity index (χ4n) is 1.76. The molecular weight excluding hydrogens is 244 g/mol. The standard InChI is InChI=1S/C14H14N2O3/c1-10-5-3-4-6-12(10)15-13-9-11(19-2)7-8-14(13)16(17)18/h3-9,15H,1-2H3. The summed E-state index contributed by atoms with van der Waals surface area (Å²) in [6.45, 7) is 1.94. The number of hydrogen-bond donors (Lipinski definition) is 1. The van der Waals surface area contributed by atoms with Crippen molar-refractivity contribution in [1.82, 2.24) is 0 Å². The minimum atomic E-state index is -0.417. The van der Waals surface area contributed by atoms with E-state index in [2.05, 4.69) is 5.32 Å². The number of nitrogens with zero attached hydrogens (tertiary/aromatic N) is 1. The number of nitro benzene ring substituents is 1. The van der Waals surface area contributed by atoms with Gasteiger partial charge in [-0.15, -0.1) is 0 Å². The molecule has 1 N–H and O–H groups in total. The van der Waals surface area contributed by atoms with Crippen LogP contribution in [-0.2, 0) is 0 Å². The quantitative estimate of drug-likeness (QED) is 0.671. The first kappa shape index (κ1) is 12.9. The van der Waals surface area contributed by atoms with Crippen molar-refractivity contribution in [2.75, 3.05) is 12.4 Å². The van der Waals surface area contributed by atoms with Crippen LogP contribution in [0.1, 0.15) is 5.56 Å². The second-order valence-electron chi connectivity index (χ2n) is 4.08. The Kier molecular flexibility index (Phi) is 3.66. The summed E-state index contributed by atoms with van der Waals surface area (Å²) in [6, 6.07) is 12.2. The highest BCUT2D eigenvalue weighted by molar-refractivity contribution is 5.72. The van der Waals surface area contributed by atoms with Gasteiger partial charge in [0, 0.05) is 17.8 Å². The summed E-state index contributed by atoms with van der Waals surface area (Å²) < 4.78 is 5.09. The normalized spacial score (nSPS) is 10.0. The van der Waals surface area contributed by atoms with E-state index in [1.54, 1.807) is 12.1 Å². The van der Waals surface area contributed by atoms with Crippen LogP contribution in [0.4, 0.5) is 17.1 Å². The van der Waals surface area contributed by atoms with Crippen molar-refractivity contribution in [3.8, 4) is 5.75 Å². The zero-order chi connectivity index (χ0) is 13.8. The average molecular weight is 258 g/mol. The van der Waals surface area contributed by atoms with E-state index in [9.17, 15) is 10.1 Å². The third-order valence-corrected chi connectivity index (χ3v) is 2.81. The molecule has 2 rings (SSSR count). The van der Waals surface area contributed by atoms with Crippen LogP contribution in [-0.4, -0.2) is 12.0 Å². The molecule has 5 heteroatoms. The number of aryl methyl sites for hydroxylation is 1. The Morgan fingerprint density at radius 1 is 1.16 bits per heavy atom. The van der Waals surface area contributed by atoms with E-state index < -0.39 is 4.92 Å². The maximum Gasteiger partial charge on any atom is 0.292 e. The molecule has 0 bridgehead atoms. The lowest BCUT2D eigenvalue weighted by Gasteiger charge is -2.10. The molecule has 0 aliphatic rings. The number of methoxy groups -OCH3 is 1. The topological polar surface area (TPSA) is 64.4 Å². The maximum atomic E-state index is 11.0. The van der Waals surface area contributed by atoms with Crippen molar-refractivity contribution in [2.24, 2.45) is 0 Å². The van der Waals surface area contributed by atoms with Crippen LogP contribution in [0, 0.1) is 17.0 Å². The lowest BCUT2D eigenvalue weighted by molar-refractivity contribution is -0.383. The van der Waals surface area contributed by atoms with E-state index in [1.807, 2.05) is 31.2 Å². The van der Waals surface area contributed by atoms with Crippen LogP contribution in [0.2, 0.25) is 0 Å². The highest BCUT2D eigenvalue weighted by Gasteiger charge is 2.15. The highest BCUT2D eigenvalue weighted by atomic mass is 16.6. The molecule has 98 valence electrons. The van der Waals surface area contributed by atoms with E-state index in [4.69, 9.17) is 4.74 Å². The smallest absolute Gasteiger partial charge is 0.292 e. The first-order valence-electron chi connectivity index (χ1n) is 5.77. The van der Waals surface area contributed by atoms with Gasteiger partial charge in [-0.05, 0) is 24.6 Å². The van der Waals surface area contributed by atoms with Gasteiger partial charge in [0.05, 0.1) is 12.0 Å². The average Bonchev–Trinajstić information content (AvgIpc) is 2.41. The molecule has 2 aromatic rings. The van der Waals surface area contributed by atoms with Gasteiger partial charge in [-0.3, -0.25) is 10.1 Å². The number of hydrogen-bond acceptors (Lipinski definition) is 4. The molecule has 0 saturated heterocycles. The molecular formula is C14H14N2O3. The van der Waals surface area contributed by atoms with Crippen molar-refractivity contribution in [1.29, 1.82) is 0 Å². The largest absolute Gasteiger partial charge is 0.497 e. The van der Waals surface area contributed by atoms with Gasteiger partial charge in [0.2, 0.25) is 0 Å². The fourth-order valence-corrected chi connectivity index (χ4v) is 1.76. The molecule has 2 aromatic carbocycles. The Bertz CT molecular complexity index is 611. The van der Waals surface area contributed by atoms with Gasteiger partial charge in [-0.2, -0.15) is 0 Å². The van der Waals surface area contributed by atoms with Gasteiger partial charge in [0.1, 0.15) is 11.4 Å². The molecule has 0 saturated carbocycles. The Labute approximate surface area is 111 Å². The number of nitro groups is 1. The van der Waals surface area contributed by atoms with Gasteiger partial charge >= 0.3 is 0 Å². The van der Waals surface area contributed by atoms with E-state index in [-0.39, 0.29) is 5.69 Å². The number of ether oxygens (including phenoxy) is 1. The lowest BCUT2D eigenvalue weighted by atomic mass is 10.2. The number of benzene rings is 2. The van der Waals surface area contributed by atoms with Gasteiger partial charge < -0.3 is 10.1 Å². The molecule has 0 unspecified atom stereocenters. The van der Waals surface area contributed by atoms with Crippen molar-refractivity contribution in [3.05, 3.63) is 58.1 Å². The molecule has 0 heterocycles. The van der Waals surface area contributed by atoms with Gasteiger partial charge in [-0.1, -0.05) is 18.2 Å². The van der Waals surface area contributed by atoms with Crippen molar-refractivity contribution < 1.29 is 9.66 Å². The third kappa shape index (κ3) is 2.82. The Morgan fingerprint density at radius 2 is 1.89 bits per heavy atom. The fraction of sp³-hybridized carbons (Fsp3) is 0.143. The summed E-state index contributed by atoms with van der Waals surface area (Å²) in [6.07, 6.45) is 0. The lowest BCUT2D eigenvalue weighted by Crippen LogP contribution is -1.99. The Morgan fingerprint density at radius 3 is 2.53 bits per heavy atom. The first-order valence-corrected chi connectivity index (χ1v) is 5.77. The molecule has 0 fully saturated rings. The van der Waals surface area contributed by atoms with E-state index in [1.165, 1.54) is 13.2 Å². The Balaban J connectivity index is 2.43. The minimum Gasteiger partial charge on any atom is -0.497 e. The maximum absolute atomic E-state index is 11.0. The SMILES string of the molecule is COc1ccc([N+](=O)[O-])c(Nc2ccccc2C)c1. The molecule has 0 spiro atoms.